The zero-order chi connectivity index (χ0) is 15.7. The molecule has 112 valence electrons. The lowest BCUT2D eigenvalue weighted by Gasteiger charge is -2.12. The second-order valence-electron chi connectivity index (χ2n) is 4.92. The molecule has 0 aliphatic carbocycles. The van der Waals surface area contributed by atoms with Crippen molar-refractivity contribution in [1.82, 2.24) is 9.78 Å². The van der Waals surface area contributed by atoms with Crippen molar-refractivity contribution in [1.29, 1.82) is 0 Å². The average molecular weight is 302 g/mol. The number of halogens is 3. The van der Waals surface area contributed by atoms with E-state index in [1.807, 2.05) is 6.07 Å². The molecule has 0 atom stereocenters. The molecule has 3 rings (SSSR count). The Bertz CT molecular complexity index is 775. The Balaban J connectivity index is 2.33. The van der Waals surface area contributed by atoms with Crippen LogP contribution in [0.1, 0.15) is 11.3 Å². The molecule has 0 fully saturated rings. The summed E-state index contributed by atoms with van der Waals surface area (Å²) in [7, 11) is 0. The third-order valence-corrected chi connectivity index (χ3v) is 3.39. The fourth-order valence-electron chi connectivity index (χ4n) is 2.49. The molecule has 0 unspecified atom stereocenters. The summed E-state index contributed by atoms with van der Waals surface area (Å²) in [5, 5.41) is 4.12. The fraction of sp³-hybridized carbons (Fsp3) is 0.118. The molecule has 0 aliphatic heterocycles. The summed E-state index contributed by atoms with van der Waals surface area (Å²) in [4.78, 5) is 0. The van der Waals surface area contributed by atoms with Crippen LogP contribution >= 0.6 is 0 Å². The van der Waals surface area contributed by atoms with Crippen molar-refractivity contribution in [2.24, 2.45) is 0 Å². The maximum Gasteiger partial charge on any atom is 0.420 e. The summed E-state index contributed by atoms with van der Waals surface area (Å²) >= 11 is 0. The molecule has 2 nitrogen and oxygen atoms in total. The molecule has 0 saturated heterocycles. The molecule has 0 aliphatic rings. The third-order valence-electron chi connectivity index (χ3n) is 3.39. The lowest BCUT2D eigenvalue weighted by atomic mass is 10.1. The molecule has 0 bridgehead atoms. The largest absolute Gasteiger partial charge is 0.420 e. The zero-order valence-electron chi connectivity index (χ0n) is 11.8. The smallest absolute Gasteiger partial charge is 0.232 e. The topological polar surface area (TPSA) is 17.8 Å². The molecule has 5 heteroatoms. The highest BCUT2D eigenvalue weighted by Crippen LogP contribution is 2.40. The van der Waals surface area contributed by atoms with Gasteiger partial charge in [0, 0.05) is 5.56 Å². The van der Waals surface area contributed by atoms with E-state index in [1.54, 1.807) is 54.6 Å². The number of rotatable bonds is 2. The molecule has 3 aromatic rings. The summed E-state index contributed by atoms with van der Waals surface area (Å²) in [6, 6.07) is 17.3. The van der Waals surface area contributed by atoms with Crippen molar-refractivity contribution >= 4 is 0 Å². The maximum atomic E-state index is 13.5. The average Bonchev–Trinajstić information content (AvgIpc) is 2.86. The van der Waals surface area contributed by atoms with Crippen molar-refractivity contribution in [3.8, 4) is 16.9 Å². The summed E-state index contributed by atoms with van der Waals surface area (Å²) in [5.41, 5.74) is 0.425. The van der Waals surface area contributed by atoms with Gasteiger partial charge < -0.3 is 0 Å². The van der Waals surface area contributed by atoms with Gasteiger partial charge in [0.15, 0.2) is 0 Å². The van der Waals surface area contributed by atoms with Crippen LogP contribution in [-0.4, -0.2) is 9.78 Å². The van der Waals surface area contributed by atoms with Crippen LogP contribution in [0, 0.1) is 6.92 Å². The SMILES string of the molecule is Cc1nn(-c2ccccc2)c(-c2ccccc2)c1C(F)(F)F. The van der Waals surface area contributed by atoms with Crippen LogP contribution in [-0.2, 0) is 6.18 Å². The molecule has 0 N–H and O–H groups in total. The van der Waals surface area contributed by atoms with Gasteiger partial charge in [-0.05, 0) is 19.1 Å². The van der Waals surface area contributed by atoms with Crippen molar-refractivity contribution < 1.29 is 13.2 Å². The number of alkyl halides is 3. The van der Waals surface area contributed by atoms with Gasteiger partial charge in [-0.3, -0.25) is 0 Å². The van der Waals surface area contributed by atoms with E-state index in [4.69, 9.17) is 0 Å². The Morgan fingerprint density at radius 3 is 1.95 bits per heavy atom. The molecule has 0 spiro atoms. The van der Waals surface area contributed by atoms with E-state index < -0.39 is 11.7 Å². The highest BCUT2D eigenvalue weighted by molar-refractivity contribution is 5.67. The highest BCUT2D eigenvalue weighted by Gasteiger charge is 2.39. The Hall–Kier alpha value is -2.56. The molecule has 0 saturated carbocycles. The van der Waals surface area contributed by atoms with Gasteiger partial charge in [-0.15, -0.1) is 0 Å². The molecule has 1 aromatic heterocycles. The summed E-state index contributed by atoms with van der Waals surface area (Å²) in [6.07, 6.45) is -4.46. The number of aryl methyl sites for hydroxylation is 1. The van der Waals surface area contributed by atoms with Crippen LogP contribution in [0.2, 0.25) is 0 Å². The number of benzene rings is 2. The third kappa shape index (κ3) is 2.50. The van der Waals surface area contributed by atoms with Gasteiger partial charge in [0.05, 0.1) is 17.1 Å². The number of nitrogens with zero attached hydrogens (tertiary/aromatic N) is 2. The van der Waals surface area contributed by atoms with Crippen molar-refractivity contribution in [2.45, 2.75) is 13.1 Å². The van der Waals surface area contributed by atoms with Gasteiger partial charge in [-0.25, -0.2) is 4.68 Å². The molecule has 22 heavy (non-hydrogen) atoms. The van der Waals surface area contributed by atoms with Gasteiger partial charge in [-0.1, -0.05) is 48.5 Å². The van der Waals surface area contributed by atoms with Gasteiger partial charge in [-0.2, -0.15) is 18.3 Å². The highest BCUT2D eigenvalue weighted by atomic mass is 19.4. The first kappa shape index (κ1) is 14.4. The second kappa shape index (κ2) is 5.33. The van der Waals surface area contributed by atoms with Crippen LogP contribution in [0.4, 0.5) is 13.2 Å². The van der Waals surface area contributed by atoms with E-state index in [9.17, 15) is 13.2 Å². The fourth-order valence-corrected chi connectivity index (χ4v) is 2.49. The van der Waals surface area contributed by atoms with E-state index in [1.165, 1.54) is 11.6 Å². The predicted octanol–water partition coefficient (Wildman–Crippen LogP) is 4.87. The first-order valence-corrected chi connectivity index (χ1v) is 6.76. The number of para-hydroxylation sites is 1. The zero-order valence-corrected chi connectivity index (χ0v) is 11.8. The quantitative estimate of drug-likeness (QED) is 0.660. The van der Waals surface area contributed by atoms with E-state index in [-0.39, 0.29) is 11.4 Å². The minimum absolute atomic E-state index is 0.0322. The summed E-state index contributed by atoms with van der Waals surface area (Å²) in [5.74, 6) is 0. The van der Waals surface area contributed by atoms with E-state index >= 15 is 0 Å². The lowest BCUT2D eigenvalue weighted by molar-refractivity contribution is -0.137. The Labute approximate surface area is 125 Å². The van der Waals surface area contributed by atoms with Crippen LogP contribution in [0.3, 0.4) is 0 Å². The maximum absolute atomic E-state index is 13.5. The Morgan fingerprint density at radius 2 is 1.41 bits per heavy atom. The van der Waals surface area contributed by atoms with Crippen molar-refractivity contribution in [3.05, 3.63) is 71.9 Å². The molecule has 1 heterocycles. The van der Waals surface area contributed by atoms with Crippen molar-refractivity contribution in [2.75, 3.05) is 0 Å². The van der Waals surface area contributed by atoms with Crippen LogP contribution in [0.5, 0.6) is 0 Å². The van der Waals surface area contributed by atoms with Gasteiger partial charge in [0.1, 0.15) is 5.56 Å². The normalized spacial score (nSPS) is 11.6. The van der Waals surface area contributed by atoms with Gasteiger partial charge in [0.2, 0.25) is 0 Å². The molecule has 2 aromatic carbocycles. The van der Waals surface area contributed by atoms with Crippen molar-refractivity contribution in [3.63, 3.8) is 0 Å². The number of hydrogen-bond acceptors (Lipinski definition) is 1. The minimum atomic E-state index is -4.46. The monoisotopic (exact) mass is 302 g/mol. The molecular formula is C17H13F3N2. The van der Waals surface area contributed by atoms with E-state index in [2.05, 4.69) is 5.10 Å². The van der Waals surface area contributed by atoms with Gasteiger partial charge in [0.25, 0.3) is 0 Å². The molecule has 0 radical (unpaired) electrons. The lowest BCUT2D eigenvalue weighted by Crippen LogP contribution is -2.08. The standard InChI is InChI=1S/C17H13F3N2/c1-12-15(17(18,19)20)16(13-8-4-2-5-9-13)22(21-12)14-10-6-3-7-11-14/h2-11H,1H3. The van der Waals surface area contributed by atoms with Crippen LogP contribution in [0.15, 0.2) is 60.7 Å². The van der Waals surface area contributed by atoms with Crippen LogP contribution in [0.25, 0.3) is 16.9 Å². The molecular weight excluding hydrogens is 289 g/mol. The predicted molar refractivity (Wildman–Crippen MR) is 78.7 cm³/mol. The number of hydrogen-bond donors (Lipinski definition) is 0. The summed E-state index contributed by atoms with van der Waals surface area (Å²) < 4.78 is 41.8. The van der Waals surface area contributed by atoms with E-state index in [0.717, 1.165) is 0 Å². The Morgan fingerprint density at radius 1 is 0.864 bits per heavy atom. The van der Waals surface area contributed by atoms with Crippen LogP contribution < -0.4 is 0 Å². The second-order valence-corrected chi connectivity index (χ2v) is 4.92. The molecule has 0 amide bonds. The first-order valence-electron chi connectivity index (χ1n) is 6.76. The Kier molecular flexibility index (Phi) is 3.48. The minimum Gasteiger partial charge on any atom is -0.232 e. The summed E-state index contributed by atoms with van der Waals surface area (Å²) in [6.45, 7) is 1.38. The van der Waals surface area contributed by atoms with Gasteiger partial charge >= 0.3 is 6.18 Å². The first-order chi connectivity index (χ1) is 10.5. The van der Waals surface area contributed by atoms with E-state index in [0.29, 0.717) is 11.3 Å². The number of aromatic nitrogens is 2.